The standard InChI is InChI=1S/C26H25Cl2N7O2.C3H9N/c1-14(23-19(27)9-33-10-20(23)28)3-15-5-18(21(30)6-22(15)37-2)24(31)17-4-16(7-29)25(34-8-17)35-11-26(32,12-35)13-36;1-4(2)3/h4-6,8-10,13-14,31H,3,11-12,30,32H2,1-2H3;1-3H3/t14-;/m0./s1. The van der Waals surface area contributed by atoms with Crippen LogP contribution in [-0.4, -0.2) is 73.7 Å². The number of carbonyl (C=O) groups excluding carboxylic acids is 1. The van der Waals surface area contributed by atoms with Crippen molar-refractivity contribution in [3.05, 3.63) is 74.7 Å². The summed E-state index contributed by atoms with van der Waals surface area (Å²) < 4.78 is 5.56. The highest BCUT2D eigenvalue weighted by Gasteiger charge is 2.41. The molecule has 12 heteroatoms. The quantitative estimate of drug-likeness (QED) is 0.199. The molecule has 5 N–H and O–H groups in total. The monoisotopic (exact) mass is 596 g/mol. The van der Waals surface area contributed by atoms with Crippen LogP contribution in [0.5, 0.6) is 5.75 Å². The first kappa shape index (κ1) is 31.8. The number of anilines is 2. The molecule has 0 radical (unpaired) electrons. The molecule has 41 heavy (non-hydrogen) atoms. The van der Waals surface area contributed by atoms with Crippen LogP contribution in [0.3, 0.4) is 0 Å². The Morgan fingerprint density at radius 3 is 2.39 bits per heavy atom. The number of aromatic nitrogens is 2. The number of methoxy groups -OCH3 is 1. The third-order valence-corrected chi connectivity index (χ3v) is 7.01. The van der Waals surface area contributed by atoms with Gasteiger partial charge >= 0.3 is 0 Å². The first-order chi connectivity index (χ1) is 19.3. The second-order valence-corrected chi connectivity index (χ2v) is 11.3. The molecule has 0 unspecified atom stereocenters. The molecule has 4 rings (SSSR count). The minimum atomic E-state index is -0.935. The maximum atomic E-state index is 11.1. The van der Waals surface area contributed by atoms with Crippen LogP contribution < -0.4 is 21.1 Å². The molecule has 0 saturated carbocycles. The van der Waals surface area contributed by atoms with Gasteiger partial charge in [0.25, 0.3) is 0 Å². The zero-order chi connectivity index (χ0) is 30.5. The van der Waals surface area contributed by atoms with Crippen LogP contribution >= 0.6 is 23.2 Å². The van der Waals surface area contributed by atoms with E-state index in [1.54, 1.807) is 42.6 Å². The summed E-state index contributed by atoms with van der Waals surface area (Å²) in [6, 6.07) is 7.19. The van der Waals surface area contributed by atoms with E-state index in [0.717, 1.165) is 11.1 Å². The van der Waals surface area contributed by atoms with Crippen LogP contribution in [-0.2, 0) is 11.2 Å². The van der Waals surface area contributed by atoms with E-state index in [1.807, 2.05) is 33.0 Å². The molecule has 2 aromatic heterocycles. The SMILES string of the molecule is CN(C)C.COc1cc(N)c(C(=N)c2cnc(N3CC(N)(C=O)C3)c(C#N)c2)cc1C[C@H](C)c1c(Cl)cncc1Cl. The molecular weight excluding hydrogens is 563 g/mol. The number of aldehydes is 1. The lowest BCUT2D eigenvalue weighted by Crippen LogP contribution is -2.69. The molecule has 1 fully saturated rings. The summed E-state index contributed by atoms with van der Waals surface area (Å²) in [4.78, 5) is 23.3. The first-order valence-electron chi connectivity index (χ1n) is 12.7. The normalized spacial score (nSPS) is 14.3. The predicted octanol–water partition coefficient (Wildman–Crippen LogP) is 3.90. The number of nitrogens with zero attached hydrogens (tertiary/aromatic N) is 5. The molecule has 3 heterocycles. The maximum absolute atomic E-state index is 11.1. The number of halogens is 2. The van der Waals surface area contributed by atoms with E-state index in [-0.39, 0.29) is 30.3 Å². The van der Waals surface area contributed by atoms with Crippen LogP contribution in [0.1, 0.15) is 40.7 Å². The molecule has 0 aliphatic carbocycles. The van der Waals surface area contributed by atoms with Crippen LogP contribution in [0.15, 0.2) is 36.8 Å². The van der Waals surface area contributed by atoms with Crippen LogP contribution in [0.4, 0.5) is 11.5 Å². The number of nitrogens with two attached hydrogens (primary N) is 2. The number of benzene rings is 1. The number of nitrogen functional groups attached to an aromatic ring is 1. The third kappa shape index (κ3) is 7.31. The summed E-state index contributed by atoms with van der Waals surface area (Å²) in [5, 5.41) is 19.5. The molecule has 1 aromatic carbocycles. The van der Waals surface area contributed by atoms with E-state index in [0.29, 0.717) is 51.1 Å². The number of hydrogen-bond acceptors (Lipinski definition) is 10. The highest BCUT2D eigenvalue weighted by atomic mass is 35.5. The first-order valence-corrected chi connectivity index (χ1v) is 13.5. The van der Waals surface area contributed by atoms with Gasteiger partial charge < -0.3 is 30.8 Å². The van der Waals surface area contributed by atoms with Crippen molar-refractivity contribution in [2.45, 2.75) is 24.8 Å². The second-order valence-electron chi connectivity index (χ2n) is 10.5. The van der Waals surface area contributed by atoms with Gasteiger partial charge in [-0.15, -0.1) is 0 Å². The number of hydrogen-bond donors (Lipinski definition) is 3. The topological polar surface area (TPSA) is 158 Å². The van der Waals surface area contributed by atoms with Crippen molar-refractivity contribution >= 4 is 46.7 Å². The van der Waals surface area contributed by atoms with Gasteiger partial charge in [0.05, 0.1) is 28.4 Å². The minimum absolute atomic E-state index is 0.0775. The third-order valence-electron chi connectivity index (χ3n) is 6.41. The van der Waals surface area contributed by atoms with E-state index >= 15 is 0 Å². The van der Waals surface area contributed by atoms with E-state index in [9.17, 15) is 10.1 Å². The van der Waals surface area contributed by atoms with Gasteiger partial charge in [-0.25, -0.2) is 4.98 Å². The molecule has 0 amide bonds. The van der Waals surface area contributed by atoms with Crippen molar-refractivity contribution in [2.24, 2.45) is 5.73 Å². The smallest absolute Gasteiger partial charge is 0.146 e. The van der Waals surface area contributed by atoms with E-state index in [1.165, 1.54) is 6.20 Å². The van der Waals surface area contributed by atoms with Crippen molar-refractivity contribution in [1.29, 1.82) is 10.7 Å². The van der Waals surface area contributed by atoms with Crippen LogP contribution in [0.25, 0.3) is 0 Å². The number of carbonyl (C=O) groups is 1. The Morgan fingerprint density at radius 2 is 1.85 bits per heavy atom. The second kappa shape index (κ2) is 13.3. The average molecular weight is 598 g/mol. The lowest BCUT2D eigenvalue weighted by Gasteiger charge is -2.44. The zero-order valence-corrected chi connectivity index (χ0v) is 25.2. The van der Waals surface area contributed by atoms with Crippen molar-refractivity contribution < 1.29 is 9.53 Å². The van der Waals surface area contributed by atoms with E-state index < -0.39 is 5.54 Å². The Kier molecular flexibility index (Phi) is 10.3. The molecule has 10 nitrogen and oxygen atoms in total. The summed E-state index contributed by atoms with van der Waals surface area (Å²) in [5.41, 5.74) is 14.5. The Labute approximate surface area is 250 Å². The number of pyridine rings is 2. The lowest BCUT2D eigenvalue weighted by molar-refractivity contribution is -0.113. The van der Waals surface area contributed by atoms with Crippen LogP contribution in [0, 0.1) is 16.7 Å². The molecule has 1 saturated heterocycles. The van der Waals surface area contributed by atoms with Gasteiger partial charge in [0.1, 0.15) is 29.5 Å². The van der Waals surface area contributed by atoms with Gasteiger partial charge in [-0.3, -0.25) is 10.4 Å². The van der Waals surface area contributed by atoms with Gasteiger partial charge in [-0.2, -0.15) is 5.26 Å². The largest absolute Gasteiger partial charge is 0.496 e. The van der Waals surface area contributed by atoms with Gasteiger partial charge in [-0.1, -0.05) is 30.1 Å². The number of nitrogens with one attached hydrogen (secondary N) is 1. The number of nitriles is 1. The fraction of sp³-hybridized carbons (Fsp3) is 0.345. The molecule has 3 aromatic rings. The predicted molar refractivity (Wildman–Crippen MR) is 163 cm³/mol. The average Bonchev–Trinajstić information content (AvgIpc) is 2.90. The van der Waals surface area contributed by atoms with Crippen molar-refractivity contribution in [3.8, 4) is 11.8 Å². The number of ether oxygens (including phenoxy) is 1. The van der Waals surface area contributed by atoms with Crippen molar-refractivity contribution in [2.75, 3.05) is 52.0 Å². The highest BCUT2D eigenvalue weighted by Crippen LogP contribution is 2.36. The van der Waals surface area contributed by atoms with Crippen molar-refractivity contribution in [1.82, 2.24) is 14.9 Å². The van der Waals surface area contributed by atoms with Crippen molar-refractivity contribution in [3.63, 3.8) is 0 Å². The molecule has 0 bridgehead atoms. The molecule has 1 atom stereocenters. The molecular formula is C29H34Cl2N8O2. The minimum Gasteiger partial charge on any atom is -0.496 e. The number of rotatable bonds is 8. The summed E-state index contributed by atoms with van der Waals surface area (Å²) in [5.74, 6) is 0.920. The molecule has 1 aliphatic rings. The summed E-state index contributed by atoms with van der Waals surface area (Å²) in [7, 11) is 7.55. The van der Waals surface area contributed by atoms with Gasteiger partial charge in [0, 0.05) is 54.6 Å². The summed E-state index contributed by atoms with van der Waals surface area (Å²) >= 11 is 12.7. The lowest BCUT2D eigenvalue weighted by atomic mass is 9.90. The van der Waals surface area contributed by atoms with E-state index in [2.05, 4.69) is 16.0 Å². The molecule has 0 spiro atoms. The molecule has 1 aliphatic heterocycles. The fourth-order valence-corrected chi connectivity index (χ4v) is 5.24. The van der Waals surface area contributed by atoms with Crippen LogP contribution in [0.2, 0.25) is 10.0 Å². The maximum Gasteiger partial charge on any atom is 0.146 e. The highest BCUT2D eigenvalue weighted by molar-refractivity contribution is 6.35. The van der Waals surface area contributed by atoms with E-state index in [4.69, 9.17) is 44.8 Å². The van der Waals surface area contributed by atoms with Gasteiger partial charge in [0.2, 0.25) is 0 Å². The summed E-state index contributed by atoms with van der Waals surface area (Å²) in [6.07, 6.45) is 5.84. The summed E-state index contributed by atoms with van der Waals surface area (Å²) in [6.45, 7) is 2.53. The molecule has 216 valence electrons. The fourth-order valence-electron chi connectivity index (χ4n) is 4.50. The Hall–Kier alpha value is -3.75. The Balaban J connectivity index is 0.00000108. The zero-order valence-electron chi connectivity index (χ0n) is 23.7. The van der Waals surface area contributed by atoms with Gasteiger partial charge in [0.15, 0.2) is 0 Å². The Morgan fingerprint density at radius 1 is 1.24 bits per heavy atom. The van der Waals surface area contributed by atoms with Gasteiger partial charge in [-0.05, 0) is 56.7 Å². The Bertz CT molecular complexity index is 1460.